The number of nitrogens with one attached hydrogen (secondary N) is 1. The number of anilines is 1. The molecule has 1 heterocycles. The molecule has 150 valence electrons. The Kier molecular flexibility index (Phi) is 5.10. The summed E-state index contributed by atoms with van der Waals surface area (Å²) in [5.74, 6) is -0.0800. The highest BCUT2D eigenvalue weighted by Crippen LogP contribution is 2.37. The molecule has 1 amide bonds. The van der Waals surface area contributed by atoms with Gasteiger partial charge in [-0.25, -0.2) is 8.42 Å². The van der Waals surface area contributed by atoms with Gasteiger partial charge in [0.05, 0.1) is 18.5 Å². The van der Waals surface area contributed by atoms with Crippen LogP contribution in [0.2, 0.25) is 5.02 Å². The van der Waals surface area contributed by atoms with Gasteiger partial charge in [-0.3, -0.25) is 9.10 Å². The first-order valence-corrected chi connectivity index (χ1v) is 11.2. The summed E-state index contributed by atoms with van der Waals surface area (Å²) in [5, 5.41) is 5.39. The average Bonchev–Trinajstić information content (AvgIpc) is 2.70. The number of halogens is 1. The van der Waals surface area contributed by atoms with E-state index in [0.717, 1.165) is 26.9 Å². The molecule has 1 N–H and O–H groups in total. The second-order valence-electron chi connectivity index (χ2n) is 6.87. The lowest BCUT2D eigenvalue weighted by Crippen LogP contribution is -2.50. The highest BCUT2D eigenvalue weighted by Gasteiger charge is 2.35. The van der Waals surface area contributed by atoms with Gasteiger partial charge in [0.15, 0.2) is 6.10 Å². The lowest BCUT2D eigenvalue weighted by atomic mass is 10.0. The van der Waals surface area contributed by atoms with Crippen LogP contribution in [-0.4, -0.2) is 33.2 Å². The van der Waals surface area contributed by atoms with E-state index < -0.39 is 16.1 Å². The maximum Gasteiger partial charge on any atom is 0.263 e. The van der Waals surface area contributed by atoms with E-state index in [1.165, 1.54) is 6.07 Å². The number of rotatable bonds is 4. The Morgan fingerprint density at radius 3 is 2.72 bits per heavy atom. The molecule has 6 nitrogen and oxygen atoms in total. The normalized spacial score (nSPS) is 16.2. The molecule has 8 heteroatoms. The van der Waals surface area contributed by atoms with Crippen molar-refractivity contribution < 1.29 is 17.9 Å². The number of ether oxygens (including phenoxy) is 1. The van der Waals surface area contributed by atoms with E-state index in [4.69, 9.17) is 16.3 Å². The smallest absolute Gasteiger partial charge is 0.263 e. The van der Waals surface area contributed by atoms with Crippen molar-refractivity contribution >= 4 is 44.0 Å². The summed E-state index contributed by atoms with van der Waals surface area (Å²) in [7, 11) is -3.60. The van der Waals surface area contributed by atoms with Crippen molar-refractivity contribution in [2.24, 2.45) is 0 Å². The molecule has 0 bridgehead atoms. The van der Waals surface area contributed by atoms with Crippen LogP contribution >= 0.6 is 11.6 Å². The minimum absolute atomic E-state index is 0.118. The van der Waals surface area contributed by atoms with Crippen LogP contribution in [0.4, 0.5) is 5.69 Å². The highest BCUT2D eigenvalue weighted by molar-refractivity contribution is 7.92. The molecule has 0 saturated carbocycles. The molecule has 0 radical (unpaired) electrons. The van der Waals surface area contributed by atoms with Gasteiger partial charge in [0.25, 0.3) is 5.91 Å². The molecular formula is C21H19ClN2O4S. The first kappa shape index (κ1) is 19.5. The van der Waals surface area contributed by atoms with Gasteiger partial charge >= 0.3 is 0 Å². The van der Waals surface area contributed by atoms with E-state index >= 15 is 0 Å². The summed E-state index contributed by atoms with van der Waals surface area (Å²) in [6.07, 6.45) is 0.127. The molecule has 4 rings (SSSR count). The van der Waals surface area contributed by atoms with Crippen LogP contribution in [0, 0.1) is 0 Å². The SMILES string of the molecule is CS(=O)(=O)N1C[C@H](C(=O)NCc2cccc3ccccc23)Oc2ccc(Cl)cc21. The van der Waals surface area contributed by atoms with Crippen molar-refractivity contribution in [3.05, 3.63) is 71.2 Å². The second kappa shape index (κ2) is 7.57. The monoisotopic (exact) mass is 430 g/mol. The molecule has 1 aliphatic heterocycles. The van der Waals surface area contributed by atoms with E-state index in [1.54, 1.807) is 12.1 Å². The largest absolute Gasteiger partial charge is 0.476 e. The standard InChI is InChI=1S/C21H19ClN2O4S/c1-29(26,27)24-13-20(28-19-10-9-16(22)11-18(19)24)21(25)23-12-15-7-4-6-14-5-2-3-8-17(14)15/h2-11,20H,12-13H2,1H3,(H,23,25)/t20-/m1/s1. The third-order valence-corrected chi connectivity index (χ3v) is 6.20. The molecule has 1 aliphatic rings. The zero-order valence-corrected chi connectivity index (χ0v) is 17.2. The average molecular weight is 431 g/mol. The number of nitrogens with zero attached hydrogens (tertiary/aromatic N) is 1. The first-order chi connectivity index (χ1) is 13.8. The zero-order valence-electron chi connectivity index (χ0n) is 15.6. The number of sulfonamides is 1. The van der Waals surface area contributed by atoms with E-state index in [-0.39, 0.29) is 12.5 Å². The third-order valence-electron chi connectivity index (χ3n) is 4.82. The summed E-state index contributed by atoms with van der Waals surface area (Å²) < 4.78 is 31.4. The van der Waals surface area contributed by atoms with Crippen LogP contribution < -0.4 is 14.4 Å². The summed E-state index contributed by atoms with van der Waals surface area (Å²) in [5.41, 5.74) is 1.30. The lowest BCUT2D eigenvalue weighted by Gasteiger charge is -2.34. The molecule has 0 fully saturated rings. The van der Waals surface area contributed by atoms with Crippen molar-refractivity contribution in [1.82, 2.24) is 5.32 Å². The molecule has 3 aromatic rings. The molecule has 0 unspecified atom stereocenters. The molecule has 3 aromatic carbocycles. The van der Waals surface area contributed by atoms with Gasteiger partial charge in [0.1, 0.15) is 5.75 Å². The van der Waals surface area contributed by atoms with Crippen molar-refractivity contribution in [3.63, 3.8) is 0 Å². The van der Waals surface area contributed by atoms with Gasteiger partial charge in [0.2, 0.25) is 10.0 Å². The predicted molar refractivity (Wildman–Crippen MR) is 114 cm³/mol. The van der Waals surface area contributed by atoms with Crippen molar-refractivity contribution in [2.45, 2.75) is 12.6 Å². The fraction of sp³-hybridized carbons (Fsp3) is 0.190. The lowest BCUT2D eigenvalue weighted by molar-refractivity contribution is -0.127. The van der Waals surface area contributed by atoms with E-state index in [9.17, 15) is 13.2 Å². The van der Waals surface area contributed by atoms with Crippen LogP contribution in [0.1, 0.15) is 5.56 Å². The molecule has 1 atom stereocenters. The quantitative estimate of drug-likeness (QED) is 0.688. The summed E-state index contributed by atoms with van der Waals surface area (Å²) in [6.45, 7) is 0.194. The fourth-order valence-electron chi connectivity index (χ4n) is 3.42. The Morgan fingerprint density at radius 1 is 1.17 bits per heavy atom. The van der Waals surface area contributed by atoms with Crippen LogP contribution in [0.3, 0.4) is 0 Å². The van der Waals surface area contributed by atoms with Gasteiger partial charge in [-0.2, -0.15) is 0 Å². The minimum Gasteiger partial charge on any atom is -0.476 e. The Morgan fingerprint density at radius 2 is 1.93 bits per heavy atom. The highest BCUT2D eigenvalue weighted by atomic mass is 35.5. The topological polar surface area (TPSA) is 75.7 Å². The maximum absolute atomic E-state index is 12.8. The number of hydrogen-bond acceptors (Lipinski definition) is 4. The molecule has 0 spiro atoms. The van der Waals surface area contributed by atoms with Gasteiger partial charge in [-0.15, -0.1) is 0 Å². The van der Waals surface area contributed by atoms with Crippen molar-refractivity contribution in [3.8, 4) is 5.75 Å². The Hall–Kier alpha value is -2.77. The number of amides is 1. The summed E-state index contributed by atoms with van der Waals surface area (Å²) in [4.78, 5) is 12.8. The molecule has 0 saturated heterocycles. The first-order valence-electron chi connectivity index (χ1n) is 9.01. The van der Waals surface area contributed by atoms with Crippen LogP contribution in [-0.2, 0) is 21.4 Å². The number of benzene rings is 3. The van der Waals surface area contributed by atoms with E-state index in [0.29, 0.717) is 23.0 Å². The Balaban J connectivity index is 1.55. The molecular weight excluding hydrogens is 412 g/mol. The van der Waals surface area contributed by atoms with Crippen LogP contribution in [0.15, 0.2) is 60.7 Å². The number of fused-ring (bicyclic) bond motifs is 2. The fourth-order valence-corrected chi connectivity index (χ4v) is 4.49. The second-order valence-corrected chi connectivity index (χ2v) is 9.21. The predicted octanol–water partition coefficient (Wildman–Crippen LogP) is 3.34. The Bertz CT molecular complexity index is 1190. The molecule has 0 aliphatic carbocycles. The van der Waals surface area contributed by atoms with E-state index in [1.807, 2.05) is 42.5 Å². The summed E-state index contributed by atoms with van der Waals surface area (Å²) >= 11 is 6.00. The van der Waals surface area contributed by atoms with E-state index in [2.05, 4.69) is 5.32 Å². The molecule has 29 heavy (non-hydrogen) atoms. The molecule has 0 aromatic heterocycles. The number of carbonyl (C=O) groups excluding carboxylic acids is 1. The van der Waals surface area contributed by atoms with Crippen LogP contribution in [0.5, 0.6) is 5.75 Å². The van der Waals surface area contributed by atoms with Gasteiger partial charge in [-0.1, -0.05) is 54.1 Å². The minimum atomic E-state index is -3.60. The van der Waals surface area contributed by atoms with Gasteiger partial charge in [0, 0.05) is 11.6 Å². The Labute approximate surface area is 174 Å². The number of hydrogen-bond donors (Lipinski definition) is 1. The summed E-state index contributed by atoms with van der Waals surface area (Å²) in [6, 6.07) is 18.5. The zero-order chi connectivity index (χ0) is 20.6. The van der Waals surface area contributed by atoms with Gasteiger partial charge < -0.3 is 10.1 Å². The van der Waals surface area contributed by atoms with Crippen molar-refractivity contribution in [2.75, 3.05) is 17.1 Å². The third kappa shape index (κ3) is 4.02. The maximum atomic E-state index is 12.8. The number of carbonyl (C=O) groups is 1. The van der Waals surface area contributed by atoms with Crippen LogP contribution in [0.25, 0.3) is 10.8 Å². The van der Waals surface area contributed by atoms with Crippen molar-refractivity contribution in [1.29, 1.82) is 0 Å². The van der Waals surface area contributed by atoms with Gasteiger partial charge in [-0.05, 0) is 34.5 Å².